The second kappa shape index (κ2) is 12.1. The third-order valence-corrected chi connectivity index (χ3v) is 6.90. The molecule has 2 saturated heterocycles. The molecule has 1 aromatic carbocycles. The first-order chi connectivity index (χ1) is 17.7. The van der Waals surface area contributed by atoms with Crippen LogP contribution in [0.25, 0.3) is 11.3 Å². The second-order valence-corrected chi connectivity index (χ2v) is 10.6. The SMILES string of the molecule is CC(C)(F)CN1CCC(COc2ccc(-c3ccc(C(=O)NC(=O)[C@@H]4CCCCN4)c(F)c3)nc2)CC1. The normalized spacial score (nSPS) is 19.4. The van der Waals surface area contributed by atoms with Gasteiger partial charge in [-0.25, -0.2) is 8.78 Å². The van der Waals surface area contributed by atoms with Gasteiger partial charge in [0.1, 0.15) is 17.2 Å². The summed E-state index contributed by atoms with van der Waals surface area (Å²) in [5.74, 6) is -0.865. The lowest BCUT2D eigenvalue weighted by Gasteiger charge is -2.34. The maximum Gasteiger partial charge on any atom is 0.260 e. The summed E-state index contributed by atoms with van der Waals surface area (Å²) in [4.78, 5) is 31.3. The van der Waals surface area contributed by atoms with Gasteiger partial charge in [0, 0.05) is 12.1 Å². The monoisotopic (exact) mass is 514 g/mol. The Morgan fingerprint density at radius 3 is 2.57 bits per heavy atom. The highest BCUT2D eigenvalue weighted by Crippen LogP contribution is 2.24. The number of alkyl halides is 1. The zero-order chi connectivity index (χ0) is 26.4. The van der Waals surface area contributed by atoms with Crippen LogP contribution in [0.15, 0.2) is 36.5 Å². The number of piperidine rings is 2. The van der Waals surface area contributed by atoms with E-state index < -0.39 is 29.3 Å². The quantitative estimate of drug-likeness (QED) is 0.516. The molecule has 2 amide bonds. The summed E-state index contributed by atoms with van der Waals surface area (Å²) >= 11 is 0. The molecule has 0 unspecified atom stereocenters. The number of likely N-dealkylation sites (tertiary alicyclic amines) is 1. The van der Waals surface area contributed by atoms with Gasteiger partial charge >= 0.3 is 0 Å². The van der Waals surface area contributed by atoms with E-state index in [-0.39, 0.29) is 5.56 Å². The number of hydrogen-bond donors (Lipinski definition) is 2. The number of rotatable bonds is 8. The van der Waals surface area contributed by atoms with Crippen molar-refractivity contribution in [3.8, 4) is 17.0 Å². The average Bonchev–Trinajstić information content (AvgIpc) is 2.88. The van der Waals surface area contributed by atoms with Crippen LogP contribution in [0, 0.1) is 11.7 Å². The Morgan fingerprint density at radius 2 is 1.95 bits per heavy atom. The Kier molecular flexibility index (Phi) is 8.87. The van der Waals surface area contributed by atoms with E-state index in [1.54, 1.807) is 38.2 Å². The van der Waals surface area contributed by atoms with Crippen LogP contribution < -0.4 is 15.4 Å². The summed E-state index contributed by atoms with van der Waals surface area (Å²) in [6.45, 7) is 6.70. The molecule has 0 radical (unpaired) electrons. The lowest BCUT2D eigenvalue weighted by atomic mass is 9.97. The van der Waals surface area contributed by atoms with Crippen LogP contribution in [-0.2, 0) is 4.79 Å². The van der Waals surface area contributed by atoms with Crippen molar-refractivity contribution in [3.63, 3.8) is 0 Å². The number of benzene rings is 1. The van der Waals surface area contributed by atoms with Crippen molar-refractivity contribution < 1.29 is 23.1 Å². The number of imide groups is 1. The lowest BCUT2D eigenvalue weighted by molar-refractivity contribution is -0.122. The molecule has 0 spiro atoms. The molecule has 37 heavy (non-hydrogen) atoms. The fourth-order valence-corrected chi connectivity index (χ4v) is 4.89. The molecular weight excluding hydrogens is 478 g/mol. The Hall–Kier alpha value is -2.91. The van der Waals surface area contributed by atoms with Gasteiger partial charge in [-0.15, -0.1) is 0 Å². The molecule has 200 valence electrons. The molecule has 2 fully saturated rings. The Bertz CT molecular complexity index is 1070. The van der Waals surface area contributed by atoms with E-state index in [0.717, 1.165) is 45.3 Å². The highest BCUT2D eigenvalue weighted by Gasteiger charge is 2.26. The number of hydrogen-bond acceptors (Lipinski definition) is 6. The standard InChI is InChI=1S/C28H36F2N4O3/c1-28(2,30)18-34-13-10-19(11-14-34)17-37-21-7-9-24(32-16-21)20-6-8-22(23(29)15-20)26(35)33-27(36)25-5-3-4-12-31-25/h6-9,15-16,19,25,31H,3-5,10-14,17-18H2,1-2H3,(H,33,35,36)/t25-/m0/s1. The van der Waals surface area contributed by atoms with Gasteiger partial charge in [0.15, 0.2) is 0 Å². The largest absolute Gasteiger partial charge is 0.492 e. The molecule has 0 bridgehead atoms. The average molecular weight is 515 g/mol. The van der Waals surface area contributed by atoms with E-state index in [9.17, 15) is 18.4 Å². The number of carbonyl (C=O) groups is 2. The third kappa shape index (κ3) is 7.79. The molecule has 9 heteroatoms. The number of aromatic nitrogens is 1. The first-order valence-electron chi connectivity index (χ1n) is 13.1. The predicted molar refractivity (Wildman–Crippen MR) is 138 cm³/mol. The zero-order valence-corrected chi connectivity index (χ0v) is 21.6. The summed E-state index contributed by atoms with van der Waals surface area (Å²) < 4.78 is 34.5. The molecule has 2 aromatic rings. The molecule has 0 saturated carbocycles. The predicted octanol–water partition coefficient (Wildman–Crippen LogP) is 4.13. The van der Waals surface area contributed by atoms with E-state index >= 15 is 0 Å². The van der Waals surface area contributed by atoms with Gasteiger partial charge in [0.25, 0.3) is 5.91 Å². The zero-order valence-electron chi connectivity index (χ0n) is 21.6. The Balaban J connectivity index is 1.28. The van der Waals surface area contributed by atoms with Crippen LogP contribution in [0.1, 0.15) is 56.3 Å². The maximum atomic E-state index is 14.7. The first kappa shape index (κ1) is 27.1. The van der Waals surface area contributed by atoms with Gasteiger partial charge in [0.2, 0.25) is 5.91 Å². The Labute approximate surface area is 217 Å². The summed E-state index contributed by atoms with van der Waals surface area (Å²) in [6, 6.07) is 7.33. The summed E-state index contributed by atoms with van der Waals surface area (Å²) in [7, 11) is 0. The van der Waals surface area contributed by atoms with Crippen molar-refractivity contribution in [2.75, 3.05) is 32.8 Å². The van der Waals surface area contributed by atoms with Gasteiger partial charge in [-0.3, -0.25) is 19.9 Å². The fraction of sp³-hybridized carbons (Fsp3) is 0.536. The topological polar surface area (TPSA) is 83.6 Å². The van der Waals surface area contributed by atoms with Crippen LogP contribution in [0.5, 0.6) is 5.75 Å². The molecule has 2 aliphatic heterocycles. The number of amides is 2. The van der Waals surface area contributed by atoms with Crippen molar-refractivity contribution in [2.45, 2.75) is 57.7 Å². The van der Waals surface area contributed by atoms with Gasteiger partial charge < -0.3 is 15.0 Å². The van der Waals surface area contributed by atoms with E-state index in [1.807, 2.05) is 0 Å². The van der Waals surface area contributed by atoms with E-state index in [1.165, 1.54) is 12.1 Å². The van der Waals surface area contributed by atoms with Gasteiger partial charge in [-0.05, 0) is 89.3 Å². The lowest BCUT2D eigenvalue weighted by Crippen LogP contribution is -2.48. The van der Waals surface area contributed by atoms with Crippen LogP contribution in [0.3, 0.4) is 0 Å². The van der Waals surface area contributed by atoms with Gasteiger partial charge in [-0.2, -0.15) is 0 Å². The number of carbonyl (C=O) groups excluding carboxylic acids is 2. The molecule has 3 heterocycles. The highest BCUT2D eigenvalue weighted by molar-refractivity contribution is 6.06. The molecule has 1 aromatic heterocycles. The smallest absolute Gasteiger partial charge is 0.260 e. The number of nitrogens with one attached hydrogen (secondary N) is 2. The summed E-state index contributed by atoms with van der Waals surface area (Å²) in [5.41, 5.74) is -0.307. The fourth-order valence-electron chi connectivity index (χ4n) is 4.89. The third-order valence-electron chi connectivity index (χ3n) is 6.90. The molecule has 7 nitrogen and oxygen atoms in total. The minimum atomic E-state index is -1.18. The minimum Gasteiger partial charge on any atom is -0.492 e. The summed E-state index contributed by atoms with van der Waals surface area (Å²) in [6.07, 6.45) is 6.09. The minimum absolute atomic E-state index is 0.186. The number of ether oxygens (including phenoxy) is 1. The van der Waals surface area contributed by atoms with E-state index in [2.05, 4.69) is 20.5 Å². The molecule has 2 N–H and O–H groups in total. The second-order valence-electron chi connectivity index (χ2n) is 10.6. The highest BCUT2D eigenvalue weighted by atomic mass is 19.1. The van der Waals surface area contributed by atoms with Crippen molar-refractivity contribution in [1.29, 1.82) is 0 Å². The van der Waals surface area contributed by atoms with Crippen LogP contribution in [-0.4, -0.2) is 66.2 Å². The van der Waals surface area contributed by atoms with E-state index in [4.69, 9.17) is 4.74 Å². The van der Waals surface area contributed by atoms with E-state index in [0.29, 0.717) is 42.5 Å². The van der Waals surface area contributed by atoms with Crippen LogP contribution in [0.2, 0.25) is 0 Å². The number of halogens is 2. The van der Waals surface area contributed by atoms with Gasteiger partial charge in [-0.1, -0.05) is 12.5 Å². The molecular formula is C28H36F2N4O3. The van der Waals surface area contributed by atoms with Crippen molar-refractivity contribution in [3.05, 3.63) is 47.9 Å². The van der Waals surface area contributed by atoms with Crippen molar-refractivity contribution in [1.82, 2.24) is 20.5 Å². The summed E-state index contributed by atoms with van der Waals surface area (Å²) in [5, 5.41) is 5.37. The van der Waals surface area contributed by atoms with Crippen molar-refractivity contribution >= 4 is 11.8 Å². The maximum absolute atomic E-state index is 14.7. The van der Waals surface area contributed by atoms with Gasteiger partial charge in [0.05, 0.1) is 30.1 Å². The molecule has 2 aliphatic rings. The number of nitrogens with zero attached hydrogens (tertiary/aromatic N) is 2. The molecule has 0 aliphatic carbocycles. The Morgan fingerprint density at radius 1 is 1.16 bits per heavy atom. The molecule has 1 atom stereocenters. The number of pyridine rings is 1. The van der Waals surface area contributed by atoms with Crippen LogP contribution in [0.4, 0.5) is 8.78 Å². The van der Waals surface area contributed by atoms with Crippen molar-refractivity contribution in [2.24, 2.45) is 5.92 Å². The molecule has 4 rings (SSSR count). The first-order valence-corrected chi connectivity index (χ1v) is 13.1. The van der Waals surface area contributed by atoms with Crippen LogP contribution >= 0.6 is 0 Å².